The molecule has 0 fully saturated rings. The van der Waals surface area contributed by atoms with Crippen molar-refractivity contribution in [1.29, 1.82) is 0 Å². The Hall–Kier alpha value is 0.142. The molecule has 2 N–H and O–H groups in total. The summed E-state index contributed by atoms with van der Waals surface area (Å²) in [5.74, 6) is 0. The minimum Gasteiger partial charge on any atom is -1.00 e. The normalized spacial score (nSPS) is 0. The smallest absolute Gasteiger partial charge is 1.00 e. The zero-order valence-corrected chi connectivity index (χ0v) is 4.18. The van der Waals surface area contributed by atoms with Crippen LogP contribution in [0.3, 0.4) is 0 Å². The molecule has 0 aromatic heterocycles. The van der Waals surface area contributed by atoms with E-state index < -0.39 is 0 Å². The molecule has 0 spiro atoms. The minimum absolute atomic E-state index is 0. The van der Waals surface area contributed by atoms with Crippen LogP contribution in [0.2, 0.25) is 0 Å². The Morgan fingerprint density at radius 3 is 0.571 bits per heavy atom. The van der Waals surface area contributed by atoms with E-state index in [1.807, 2.05) is 0 Å². The van der Waals surface area contributed by atoms with Crippen molar-refractivity contribution in [2.45, 2.75) is 0 Å². The molecular weight excluding hydrogens is 138 g/mol. The van der Waals surface area contributed by atoms with Crippen LogP contribution in [-0.2, 0) is 0 Å². The van der Waals surface area contributed by atoms with Crippen molar-refractivity contribution in [2.24, 2.45) is 0 Å². The van der Waals surface area contributed by atoms with Crippen molar-refractivity contribution in [3.8, 4) is 0 Å². The molecule has 0 aliphatic heterocycles. The van der Waals surface area contributed by atoms with Gasteiger partial charge >= 0.3 is 17.4 Å². The molecule has 0 bridgehead atoms. The first-order valence-electron chi connectivity index (χ1n) is 0. The Labute approximate surface area is 47.4 Å². The van der Waals surface area contributed by atoms with Crippen LogP contribution in [0.25, 0.3) is 0 Å². The molecule has 7 heavy (non-hydrogen) atoms. The zero-order valence-electron chi connectivity index (χ0n) is 3.03. The summed E-state index contributed by atoms with van der Waals surface area (Å²) in [6.07, 6.45) is 0. The van der Waals surface area contributed by atoms with Gasteiger partial charge in [-0.25, -0.2) is 0 Å². The predicted molar refractivity (Wildman–Crippen MR) is 14.4 cm³/mol. The minimum atomic E-state index is 0. The van der Waals surface area contributed by atoms with E-state index in [0.717, 1.165) is 0 Å². The van der Waals surface area contributed by atoms with Crippen molar-refractivity contribution in [1.82, 2.24) is 0 Å². The average Bonchev–Trinajstić information content (AvgIpc) is 0. The fourth-order valence-corrected chi connectivity index (χ4v) is 0. The molecule has 0 rings (SSSR count). The van der Waals surface area contributed by atoms with Gasteiger partial charge in [0.15, 0.2) is 0 Å². The average molecular weight is 142 g/mol. The van der Waals surface area contributed by atoms with Crippen molar-refractivity contribution in [3.05, 3.63) is 0 Å². The van der Waals surface area contributed by atoms with E-state index in [1.54, 1.807) is 0 Å². The van der Waals surface area contributed by atoms with Crippen molar-refractivity contribution in [2.75, 3.05) is 0 Å². The van der Waals surface area contributed by atoms with Crippen LogP contribution < -0.4 is 14.1 Å². The van der Waals surface area contributed by atoms with Gasteiger partial charge in [-0.2, -0.15) is 0 Å². The number of hydrogen-bond acceptors (Lipinski definition) is 0. The number of rotatable bonds is 0. The van der Waals surface area contributed by atoms with Gasteiger partial charge in [0, 0.05) is 0 Å². The molecule has 0 aromatic rings. The molecule has 0 aromatic carbocycles. The van der Waals surface area contributed by atoms with Crippen LogP contribution >= 0.6 is 0 Å². The summed E-state index contributed by atoms with van der Waals surface area (Å²) in [6, 6.07) is 0. The van der Waals surface area contributed by atoms with Crippen LogP contribution in [0.15, 0.2) is 0 Å². The summed E-state index contributed by atoms with van der Waals surface area (Å²) in [5.41, 5.74) is 0. The molecule has 0 unspecified atom stereocenters. The van der Waals surface area contributed by atoms with E-state index in [1.165, 1.54) is 0 Å². The van der Waals surface area contributed by atoms with Crippen LogP contribution in [-0.4, -0.2) is 22.8 Å². The van der Waals surface area contributed by atoms with Crippen LogP contribution in [0, 0.1) is 0 Å². The Bertz CT molecular complexity index is 8.04. The predicted octanol–water partition coefficient (Wildman–Crippen LogP) is -9.89. The molecule has 7 heteroatoms. The molecule has 0 radical (unpaired) electrons. The molecule has 0 saturated carbocycles. The third-order valence-corrected chi connectivity index (χ3v) is 0. The van der Waals surface area contributed by atoms with Gasteiger partial charge in [-0.1, -0.05) is 0 Å². The van der Waals surface area contributed by atoms with E-state index in [4.69, 9.17) is 0 Å². The fraction of sp³-hybridized carbons (Fsp3) is 0. The fourth-order valence-electron chi connectivity index (χ4n) is 0. The summed E-state index contributed by atoms with van der Waals surface area (Å²) in [6.45, 7) is 0. The summed E-state index contributed by atoms with van der Waals surface area (Å²) in [7, 11) is 0. The first-order chi connectivity index (χ1) is 0. The zero-order chi connectivity index (χ0) is 0. The van der Waals surface area contributed by atoms with Gasteiger partial charge in [0.1, 0.15) is 0 Å². The molecule has 0 aliphatic rings. The molecule has 0 saturated heterocycles. The summed E-state index contributed by atoms with van der Waals surface area (Å²) in [5, 5.41) is 0. The van der Waals surface area contributed by atoms with Crippen molar-refractivity contribution in [3.63, 3.8) is 0 Å². The van der Waals surface area contributed by atoms with Crippen LogP contribution in [0.1, 0.15) is 0 Å². The van der Waals surface area contributed by atoms with Crippen molar-refractivity contribution < 1.29 is 29.0 Å². The molecule has 1 nitrogen and oxygen atoms in total. The third kappa shape index (κ3) is 5190. The third-order valence-electron chi connectivity index (χ3n) is 0. The van der Waals surface area contributed by atoms with Gasteiger partial charge in [0.25, 0.3) is 0 Å². The van der Waals surface area contributed by atoms with Gasteiger partial charge in [-0.15, -0.1) is 0 Å². The molecular formula is H4AlF5O. The second kappa shape index (κ2) is 8000. The number of halogens is 5. The van der Waals surface area contributed by atoms with E-state index >= 15 is 0 Å². The van der Waals surface area contributed by atoms with Crippen LogP contribution in [0.4, 0.5) is 9.41 Å². The number of hydrogen-bond donors (Lipinski definition) is 0. The first-order valence-corrected chi connectivity index (χ1v) is 0. The van der Waals surface area contributed by atoms with Gasteiger partial charge in [-0.05, 0) is 0 Å². The van der Waals surface area contributed by atoms with Gasteiger partial charge in [0.2, 0.25) is 0 Å². The van der Waals surface area contributed by atoms with Gasteiger partial charge in [0.05, 0.1) is 0 Å². The Morgan fingerprint density at radius 2 is 0.571 bits per heavy atom. The first kappa shape index (κ1) is 13300. The van der Waals surface area contributed by atoms with E-state index in [0.29, 0.717) is 0 Å². The molecule has 0 atom stereocenters. The van der Waals surface area contributed by atoms with E-state index in [2.05, 4.69) is 0 Å². The van der Waals surface area contributed by atoms with Gasteiger partial charge in [-0.3, -0.25) is 9.41 Å². The Kier molecular flexibility index (Phi) is 15200000. The second-order valence-electron chi connectivity index (χ2n) is 0. The maximum absolute atomic E-state index is 0. The molecule has 48 valence electrons. The standard InChI is InChI=1S/Al.5FH.H2O/h;5*1H;1H2/q+3;;;;;;/p-3. The quantitative estimate of drug-likeness (QED) is 0.237. The summed E-state index contributed by atoms with van der Waals surface area (Å²) >= 11 is 0. The second-order valence-corrected chi connectivity index (χ2v) is 0. The summed E-state index contributed by atoms with van der Waals surface area (Å²) in [4.78, 5) is 0. The topological polar surface area (TPSA) is 31.5 Å². The Morgan fingerprint density at radius 1 is 0.571 bits per heavy atom. The molecule has 0 heterocycles. The maximum Gasteiger partial charge on any atom is 3.00 e. The SMILES string of the molecule is F.F.O.[Al+3].[F-].[F-].[F-]. The summed E-state index contributed by atoms with van der Waals surface area (Å²) < 4.78 is 0. The van der Waals surface area contributed by atoms with Crippen LogP contribution in [0.5, 0.6) is 0 Å². The maximum atomic E-state index is 0. The molecule has 0 amide bonds. The largest absolute Gasteiger partial charge is 3.00 e. The Balaban J connectivity index is 0. The monoisotopic (exact) mass is 142 g/mol. The molecule has 0 aliphatic carbocycles. The van der Waals surface area contributed by atoms with E-state index in [-0.39, 0.29) is 46.4 Å². The van der Waals surface area contributed by atoms with Gasteiger partial charge < -0.3 is 19.6 Å². The van der Waals surface area contributed by atoms with E-state index in [9.17, 15) is 0 Å². The van der Waals surface area contributed by atoms with Crippen molar-refractivity contribution >= 4 is 17.4 Å².